The number of benzene rings is 1. The van der Waals surface area contributed by atoms with Crippen LogP contribution >= 0.6 is 11.3 Å². The van der Waals surface area contributed by atoms with Crippen molar-refractivity contribution in [1.29, 1.82) is 0 Å². The van der Waals surface area contributed by atoms with Crippen molar-refractivity contribution in [3.63, 3.8) is 0 Å². The number of rotatable bonds is 4. The molecule has 2 aromatic rings. The quantitative estimate of drug-likeness (QED) is 0.778. The third-order valence-corrected chi connectivity index (χ3v) is 3.03. The second kappa shape index (κ2) is 5.61. The average Bonchev–Trinajstić information content (AvgIpc) is 2.74. The predicted molar refractivity (Wildman–Crippen MR) is 71.2 cm³/mol. The van der Waals surface area contributed by atoms with Crippen LogP contribution < -0.4 is 11.1 Å². The van der Waals surface area contributed by atoms with E-state index in [1.807, 2.05) is 0 Å². The summed E-state index contributed by atoms with van der Waals surface area (Å²) in [5, 5.41) is 14.0. The number of carbonyl (C=O) groups excluding carboxylic acids is 1. The molecular weight excluding hydrogens is 250 g/mol. The Bertz CT molecular complexity index is 554. The summed E-state index contributed by atoms with van der Waals surface area (Å²) in [5.74, 6) is -0.157. The third-order valence-electron chi connectivity index (χ3n) is 2.30. The monoisotopic (exact) mass is 263 g/mol. The van der Waals surface area contributed by atoms with Crippen LogP contribution in [0.2, 0.25) is 0 Å². The lowest BCUT2D eigenvalue weighted by Crippen LogP contribution is -2.14. The average molecular weight is 263 g/mol. The Hall–Kier alpha value is -1.92. The van der Waals surface area contributed by atoms with Crippen LogP contribution in [-0.2, 0) is 17.8 Å². The minimum Gasteiger partial charge on any atom is -0.392 e. The Kier molecular flexibility index (Phi) is 3.91. The van der Waals surface area contributed by atoms with Crippen LogP contribution in [0.3, 0.4) is 0 Å². The lowest BCUT2D eigenvalue weighted by Gasteiger charge is -2.05. The van der Waals surface area contributed by atoms with Gasteiger partial charge in [-0.3, -0.25) is 4.79 Å². The molecule has 0 saturated heterocycles. The highest BCUT2D eigenvalue weighted by Gasteiger charge is 2.07. The molecule has 1 aromatic carbocycles. The molecule has 4 N–H and O–H groups in total. The van der Waals surface area contributed by atoms with Gasteiger partial charge >= 0.3 is 0 Å². The fraction of sp³-hybridized carbons (Fsp3) is 0.167. The number of nitrogens with two attached hydrogens (primary N) is 1. The van der Waals surface area contributed by atoms with Gasteiger partial charge in [0.2, 0.25) is 5.91 Å². The molecule has 1 amide bonds. The normalized spacial score (nSPS) is 10.3. The molecule has 1 heterocycles. The molecule has 0 aliphatic heterocycles. The molecule has 94 valence electrons. The Morgan fingerprint density at radius 3 is 3.00 bits per heavy atom. The first-order valence-corrected chi connectivity index (χ1v) is 6.25. The highest BCUT2D eigenvalue weighted by molar-refractivity contribution is 7.13. The molecule has 0 aliphatic rings. The van der Waals surface area contributed by atoms with Gasteiger partial charge in [-0.1, -0.05) is 12.1 Å². The van der Waals surface area contributed by atoms with Crippen LogP contribution in [0.1, 0.15) is 11.3 Å². The van der Waals surface area contributed by atoms with Crippen molar-refractivity contribution in [2.24, 2.45) is 0 Å². The summed E-state index contributed by atoms with van der Waals surface area (Å²) in [7, 11) is 0. The molecule has 1 aromatic heterocycles. The van der Waals surface area contributed by atoms with Gasteiger partial charge in [-0.25, -0.2) is 4.98 Å². The maximum absolute atomic E-state index is 11.7. The first kappa shape index (κ1) is 12.5. The lowest BCUT2D eigenvalue weighted by atomic mass is 10.2. The predicted octanol–water partition coefficient (Wildman–Crippen LogP) is 1.40. The Morgan fingerprint density at radius 1 is 1.50 bits per heavy atom. The molecule has 0 aliphatic carbocycles. The van der Waals surface area contributed by atoms with E-state index in [-0.39, 0.29) is 18.9 Å². The van der Waals surface area contributed by atoms with E-state index in [4.69, 9.17) is 10.8 Å². The van der Waals surface area contributed by atoms with Crippen molar-refractivity contribution in [1.82, 2.24) is 4.98 Å². The van der Waals surface area contributed by atoms with Crippen LogP contribution in [0.15, 0.2) is 29.6 Å². The first-order valence-electron chi connectivity index (χ1n) is 5.37. The number of aliphatic hydroxyl groups excluding tert-OH is 1. The zero-order valence-corrected chi connectivity index (χ0v) is 10.4. The van der Waals surface area contributed by atoms with Gasteiger partial charge in [0.15, 0.2) is 5.13 Å². The van der Waals surface area contributed by atoms with Gasteiger partial charge in [-0.05, 0) is 17.7 Å². The maximum Gasteiger partial charge on any atom is 0.230 e. The van der Waals surface area contributed by atoms with Crippen LogP contribution in [0, 0.1) is 0 Å². The number of thiazole rings is 1. The Morgan fingerprint density at radius 2 is 2.33 bits per heavy atom. The standard InChI is InChI=1S/C12H13N3O2S/c13-12-15-10(7-18-12)5-11(17)14-9-3-1-2-8(4-9)6-16/h1-4,7,16H,5-6H2,(H2,13,15)(H,14,17). The largest absolute Gasteiger partial charge is 0.392 e. The molecule has 6 heteroatoms. The number of aromatic nitrogens is 1. The molecule has 18 heavy (non-hydrogen) atoms. The molecule has 0 saturated carbocycles. The van der Waals surface area contributed by atoms with Crippen molar-refractivity contribution in [3.8, 4) is 0 Å². The number of nitrogen functional groups attached to an aromatic ring is 1. The van der Waals surface area contributed by atoms with Gasteiger partial charge in [0.1, 0.15) is 0 Å². The summed E-state index contributed by atoms with van der Waals surface area (Å²) in [6.45, 7) is -0.0493. The van der Waals surface area contributed by atoms with E-state index in [9.17, 15) is 4.79 Å². The number of hydrogen-bond acceptors (Lipinski definition) is 5. The SMILES string of the molecule is Nc1nc(CC(=O)Nc2cccc(CO)c2)cs1. The van der Waals surface area contributed by atoms with Crippen LogP contribution in [0.5, 0.6) is 0 Å². The van der Waals surface area contributed by atoms with Crippen LogP contribution in [0.4, 0.5) is 10.8 Å². The van der Waals surface area contributed by atoms with E-state index >= 15 is 0 Å². The number of nitrogens with one attached hydrogen (secondary N) is 1. The van der Waals surface area contributed by atoms with Gasteiger partial charge in [0, 0.05) is 11.1 Å². The zero-order valence-electron chi connectivity index (χ0n) is 9.59. The number of anilines is 2. The molecular formula is C12H13N3O2S. The maximum atomic E-state index is 11.7. The van der Waals surface area contributed by atoms with Gasteiger partial charge in [-0.2, -0.15) is 0 Å². The number of nitrogens with zero attached hydrogens (tertiary/aromatic N) is 1. The molecule has 0 atom stereocenters. The summed E-state index contributed by atoms with van der Waals surface area (Å²) in [6.07, 6.45) is 0.192. The zero-order chi connectivity index (χ0) is 13.0. The lowest BCUT2D eigenvalue weighted by molar-refractivity contribution is -0.115. The van der Waals surface area contributed by atoms with Gasteiger partial charge < -0.3 is 16.2 Å². The minimum absolute atomic E-state index is 0.0493. The second-order valence-corrected chi connectivity index (χ2v) is 4.65. The Balaban J connectivity index is 1.98. The number of aliphatic hydroxyl groups is 1. The van der Waals surface area contributed by atoms with Crippen molar-refractivity contribution >= 4 is 28.1 Å². The van der Waals surface area contributed by atoms with Crippen molar-refractivity contribution in [3.05, 3.63) is 40.9 Å². The van der Waals surface area contributed by atoms with Crippen molar-refractivity contribution in [2.45, 2.75) is 13.0 Å². The van der Waals surface area contributed by atoms with E-state index in [2.05, 4.69) is 10.3 Å². The van der Waals surface area contributed by atoms with Crippen molar-refractivity contribution < 1.29 is 9.90 Å². The van der Waals surface area contributed by atoms with Gasteiger partial charge in [0.25, 0.3) is 0 Å². The number of hydrogen-bond donors (Lipinski definition) is 3. The summed E-state index contributed by atoms with van der Waals surface area (Å²) in [6, 6.07) is 7.07. The summed E-state index contributed by atoms with van der Waals surface area (Å²) in [5.41, 5.74) is 7.57. The first-order chi connectivity index (χ1) is 8.67. The van der Waals surface area contributed by atoms with Crippen LogP contribution in [0.25, 0.3) is 0 Å². The summed E-state index contributed by atoms with van der Waals surface area (Å²) in [4.78, 5) is 15.8. The third kappa shape index (κ3) is 3.28. The molecule has 2 rings (SSSR count). The molecule has 0 fully saturated rings. The van der Waals surface area contributed by atoms with E-state index in [0.717, 1.165) is 5.56 Å². The highest BCUT2D eigenvalue weighted by atomic mass is 32.1. The summed E-state index contributed by atoms with van der Waals surface area (Å²) >= 11 is 1.31. The van der Waals surface area contributed by atoms with Gasteiger partial charge in [-0.15, -0.1) is 11.3 Å². The van der Waals surface area contributed by atoms with Gasteiger partial charge in [0.05, 0.1) is 18.7 Å². The van der Waals surface area contributed by atoms with E-state index in [1.165, 1.54) is 11.3 Å². The van der Waals surface area contributed by atoms with E-state index in [0.29, 0.717) is 16.5 Å². The molecule has 0 bridgehead atoms. The molecule has 0 spiro atoms. The smallest absolute Gasteiger partial charge is 0.230 e. The highest BCUT2D eigenvalue weighted by Crippen LogP contribution is 2.14. The molecule has 0 radical (unpaired) electrons. The number of carbonyl (C=O) groups is 1. The fourth-order valence-electron chi connectivity index (χ4n) is 1.52. The topological polar surface area (TPSA) is 88.2 Å². The molecule has 0 unspecified atom stereocenters. The van der Waals surface area contributed by atoms with E-state index < -0.39 is 0 Å². The fourth-order valence-corrected chi connectivity index (χ4v) is 2.08. The molecule has 5 nitrogen and oxygen atoms in total. The van der Waals surface area contributed by atoms with Crippen molar-refractivity contribution in [2.75, 3.05) is 11.1 Å². The van der Waals surface area contributed by atoms with Crippen LogP contribution in [-0.4, -0.2) is 16.0 Å². The van der Waals surface area contributed by atoms with E-state index in [1.54, 1.807) is 29.6 Å². The number of amides is 1. The second-order valence-electron chi connectivity index (χ2n) is 3.76. The minimum atomic E-state index is -0.157. The Labute approximate surface area is 108 Å². The summed E-state index contributed by atoms with van der Waals surface area (Å²) < 4.78 is 0.